The van der Waals surface area contributed by atoms with Gasteiger partial charge in [-0.2, -0.15) is 5.10 Å². The molecule has 20 heavy (non-hydrogen) atoms. The first-order chi connectivity index (χ1) is 9.78. The van der Waals surface area contributed by atoms with Gasteiger partial charge in [0.15, 0.2) is 6.61 Å². The molecule has 0 aliphatic carbocycles. The van der Waals surface area contributed by atoms with E-state index in [0.29, 0.717) is 12.4 Å². The van der Waals surface area contributed by atoms with Crippen LogP contribution in [0.2, 0.25) is 0 Å². The highest BCUT2D eigenvalue weighted by atomic mass is 16.6. The van der Waals surface area contributed by atoms with Gasteiger partial charge in [-0.15, -0.1) is 10.2 Å². The molecule has 0 amide bonds. The van der Waals surface area contributed by atoms with Crippen LogP contribution in [0.1, 0.15) is 12.5 Å². The van der Waals surface area contributed by atoms with Crippen molar-refractivity contribution in [3.63, 3.8) is 0 Å². The first kappa shape index (κ1) is 13.7. The van der Waals surface area contributed by atoms with Gasteiger partial charge in [0.2, 0.25) is 0 Å². The fourth-order valence-corrected chi connectivity index (χ4v) is 1.38. The molecule has 2 aromatic rings. The average Bonchev–Trinajstić information content (AvgIpc) is 2.98. The predicted octanol–water partition coefficient (Wildman–Crippen LogP) is 1.10. The minimum Gasteiger partial charge on any atom is -0.482 e. The van der Waals surface area contributed by atoms with Crippen LogP contribution in [0, 0.1) is 0 Å². The van der Waals surface area contributed by atoms with E-state index in [9.17, 15) is 4.79 Å². The van der Waals surface area contributed by atoms with Crippen LogP contribution in [0.4, 0.5) is 0 Å². The zero-order chi connectivity index (χ0) is 14.2. The number of rotatable bonds is 6. The Morgan fingerprint density at radius 2 is 2.00 bits per heavy atom. The molecule has 7 nitrogen and oxygen atoms in total. The third-order valence-electron chi connectivity index (χ3n) is 2.29. The van der Waals surface area contributed by atoms with Gasteiger partial charge in [0, 0.05) is 0 Å². The number of hydrogen-bond acceptors (Lipinski definition) is 6. The van der Waals surface area contributed by atoms with Crippen LogP contribution < -0.4 is 4.74 Å². The van der Waals surface area contributed by atoms with Crippen molar-refractivity contribution in [2.75, 3.05) is 13.2 Å². The summed E-state index contributed by atoms with van der Waals surface area (Å²) in [6, 6.07) is 7.17. The second kappa shape index (κ2) is 7.03. The van der Waals surface area contributed by atoms with Crippen LogP contribution in [0.3, 0.4) is 0 Å². The largest absolute Gasteiger partial charge is 0.482 e. The van der Waals surface area contributed by atoms with E-state index in [4.69, 9.17) is 9.47 Å². The topological polar surface area (TPSA) is 78.6 Å². The van der Waals surface area contributed by atoms with Gasteiger partial charge in [0.05, 0.1) is 12.8 Å². The maximum absolute atomic E-state index is 11.1. The lowest BCUT2D eigenvalue weighted by Gasteiger charge is -2.05. The molecule has 0 fully saturated rings. The molecule has 0 aliphatic heterocycles. The molecule has 1 aromatic carbocycles. The lowest BCUT2D eigenvalue weighted by molar-refractivity contribution is -0.145. The summed E-state index contributed by atoms with van der Waals surface area (Å²) in [4.78, 5) is 11.1. The Morgan fingerprint density at radius 3 is 2.65 bits per heavy atom. The lowest BCUT2D eigenvalue weighted by Crippen LogP contribution is -2.14. The van der Waals surface area contributed by atoms with Crippen molar-refractivity contribution >= 4 is 12.2 Å². The smallest absolute Gasteiger partial charge is 0.344 e. The van der Waals surface area contributed by atoms with E-state index in [0.717, 1.165) is 5.56 Å². The predicted molar refractivity (Wildman–Crippen MR) is 71.6 cm³/mol. The van der Waals surface area contributed by atoms with E-state index in [-0.39, 0.29) is 12.6 Å². The highest BCUT2D eigenvalue weighted by Gasteiger charge is 2.02. The molecule has 0 bridgehead atoms. The van der Waals surface area contributed by atoms with Crippen LogP contribution in [-0.2, 0) is 9.53 Å². The summed E-state index contributed by atoms with van der Waals surface area (Å²) in [5.41, 5.74) is 0.891. The molecule has 1 heterocycles. The van der Waals surface area contributed by atoms with Crippen molar-refractivity contribution < 1.29 is 14.3 Å². The van der Waals surface area contributed by atoms with Gasteiger partial charge in [-0.1, -0.05) is 0 Å². The molecule has 2 rings (SSSR count). The minimum atomic E-state index is -0.384. The second-order valence-corrected chi connectivity index (χ2v) is 3.75. The Kier molecular flexibility index (Phi) is 4.82. The zero-order valence-corrected chi connectivity index (χ0v) is 11.0. The Labute approximate surface area is 115 Å². The van der Waals surface area contributed by atoms with E-state index in [1.165, 1.54) is 17.3 Å². The number of benzene rings is 1. The maximum atomic E-state index is 11.1. The van der Waals surface area contributed by atoms with Gasteiger partial charge < -0.3 is 9.47 Å². The third kappa shape index (κ3) is 4.20. The molecule has 0 N–H and O–H groups in total. The molecule has 0 radical (unpaired) electrons. The number of hydrogen-bond donors (Lipinski definition) is 0. The highest BCUT2D eigenvalue weighted by molar-refractivity contribution is 5.79. The Balaban J connectivity index is 1.88. The first-order valence-corrected chi connectivity index (χ1v) is 6.05. The molecule has 0 saturated carbocycles. The van der Waals surface area contributed by atoms with E-state index < -0.39 is 0 Å². The van der Waals surface area contributed by atoms with Crippen LogP contribution >= 0.6 is 0 Å². The molecule has 1 aromatic heterocycles. The van der Waals surface area contributed by atoms with Crippen LogP contribution in [0.15, 0.2) is 42.0 Å². The SMILES string of the molecule is CCOC(=O)COc1ccc(C=Nn2cnnc2)cc1. The van der Waals surface area contributed by atoms with Gasteiger partial charge in [0.25, 0.3) is 0 Å². The molecule has 0 spiro atoms. The standard InChI is InChI=1S/C13H14N4O3/c1-2-19-13(18)8-20-12-5-3-11(4-6-12)7-16-17-9-14-15-10-17/h3-7,9-10H,2,8H2,1H3. The number of esters is 1. The summed E-state index contributed by atoms with van der Waals surface area (Å²) in [5.74, 6) is 0.213. The van der Waals surface area contributed by atoms with Crippen molar-refractivity contribution in [3.05, 3.63) is 42.5 Å². The molecule has 0 unspecified atom stereocenters. The minimum absolute atomic E-state index is 0.0953. The summed E-state index contributed by atoms with van der Waals surface area (Å²) in [5, 5.41) is 11.4. The number of nitrogens with zero attached hydrogens (tertiary/aromatic N) is 4. The van der Waals surface area contributed by atoms with Crippen LogP contribution in [0.5, 0.6) is 5.75 Å². The Hall–Kier alpha value is -2.70. The zero-order valence-electron chi connectivity index (χ0n) is 11.0. The summed E-state index contributed by atoms with van der Waals surface area (Å²) in [7, 11) is 0. The summed E-state index contributed by atoms with van der Waals surface area (Å²) >= 11 is 0. The fourth-order valence-electron chi connectivity index (χ4n) is 1.38. The maximum Gasteiger partial charge on any atom is 0.344 e. The van der Waals surface area contributed by atoms with Crippen LogP contribution in [0.25, 0.3) is 0 Å². The monoisotopic (exact) mass is 274 g/mol. The van der Waals surface area contributed by atoms with Crippen molar-refractivity contribution in [1.29, 1.82) is 0 Å². The summed E-state index contributed by atoms with van der Waals surface area (Å²) in [6.07, 6.45) is 4.65. The van der Waals surface area contributed by atoms with Crippen LogP contribution in [-0.4, -0.2) is 40.3 Å². The molecular weight excluding hydrogens is 260 g/mol. The number of carbonyl (C=O) groups is 1. The molecule has 0 aliphatic rings. The number of aromatic nitrogens is 3. The normalized spacial score (nSPS) is 10.7. The third-order valence-corrected chi connectivity index (χ3v) is 2.29. The van der Waals surface area contributed by atoms with E-state index in [1.807, 2.05) is 12.1 Å². The Morgan fingerprint density at radius 1 is 1.30 bits per heavy atom. The lowest BCUT2D eigenvalue weighted by atomic mass is 10.2. The van der Waals surface area contributed by atoms with Gasteiger partial charge in [-0.3, -0.25) is 0 Å². The summed E-state index contributed by atoms with van der Waals surface area (Å²) < 4.78 is 11.5. The molecule has 104 valence electrons. The Bertz CT molecular complexity index is 564. The fraction of sp³-hybridized carbons (Fsp3) is 0.231. The number of carbonyl (C=O) groups excluding carboxylic acids is 1. The van der Waals surface area contributed by atoms with Crippen molar-refractivity contribution in [2.24, 2.45) is 5.10 Å². The highest BCUT2D eigenvalue weighted by Crippen LogP contribution is 2.11. The van der Waals surface area contributed by atoms with Gasteiger partial charge >= 0.3 is 5.97 Å². The van der Waals surface area contributed by atoms with E-state index in [2.05, 4.69) is 15.3 Å². The first-order valence-electron chi connectivity index (χ1n) is 6.05. The molecule has 0 saturated heterocycles. The van der Waals surface area contributed by atoms with Crippen molar-refractivity contribution in [2.45, 2.75) is 6.92 Å². The molecular formula is C13H14N4O3. The molecule has 0 atom stereocenters. The second-order valence-electron chi connectivity index (χ2n) is 3.75. The van der Waals surface area contributed by atoms with E-state index in [1.54, 1.807) is 25.3 Å². The van der Waals surface area contributed by atoms with Crippen molar-refractivity contribution in [3.8, 4) is 5.75 Å². The average molecular weight is 274 g/mol. The van der Waals surface area contributed by atoms with Gasteiger partial charge in [-0.25, -0.2) is 9.47 Å². The summed E-state index contributed by atoms with van der Waals surface area (Å²) in [6.45, 7) is 2.00. The van der Waals surface area contributed by atoms with Gasteiger partial charge in [0.1, 0.15) is 18.4 Å². The molecule has 7 heteroatoms. The quantitative estimate of drug-likeness (QED) is 0.582. The number of ether oxygens (including phenoxy) is 2. The van der Waals surface area contributed by atoms with E-state index >= 15 is 0 Å². The van der Waals surface area contributed by atoms with Gasteiger partial charge in [-0.05, 0) is 36.8 Å². The van der Waals surface area contributed by atoms with Crippen molar-refractivity contribution in [1.82, 2.24) is 14.9 Å².